The van der Waals surface area contributed by atoms with E-state index in [2.05, 4.69) is 26.2 Å². The van der Waals surface area contributed by atoms with E-state index >= 15 is 0 Å². The number of halogens is 1. The van der Waals surface area contributed by atoms with Crippen molar-refractivity contribution in [2.75, 3.05) is 18.9 Å². The molecule has 5 heteroatoms. The molecule has 1 aromatic heterocycles. The molecule has 0 saturated heterocycles. The van der Waals surface area contributed by atoms with E-state index in [0.717, 1.165) is 16.6 Å². The highest BCUT2D eigenvalue weighted by atomic mass is 79.9. The van der Waals surface area contributed by atoms with Gasteiger partial charge in [-0.2, -0.15) is 0 Å². The van der Waals surface area contributed by atoms with Crippen LogP contribution in [0, 0.1) is 0 Å². The first-order valence-corrected chi connectivity index (χ1v) is 5.07. The van der Waals surface area contributed by atoms with Crippen molar-refractivity contribution < 1.29 is 4.79 Å². The van der Waals surface area contributed by atoms with E-state index in [9.17, 15) is 4.79 Å². The van der Waals surface area contributed by atoms with E-state index in [4.69, 9.17) is 0 Å². The minimum Gasteiger partial charge on any atom is -0.309 e. The summed E-state index contributed by atoms with van der Waals surface area (Å²) in [5.74, 6) is 0.656. The number of pyridine rings is 1. The number of rotatable bonds is 0. The molecule has 1 aromatic rings. The summed E-state index contributed by atoms with van der Waals surface area (Å²) in [5.41, 5.74) is 1.03. The molecular formula is C9H10BrN3O. The molecular weight excluding hydrogens is 246 g/mol. The van der Waals surface area contributed by atoms with Gasteiger partial charge >= 0.3 is 0 Å². The van der Waals surface area contributed by atoms with Crippen LogP contribution in [0.25, 0.3) is 0 Å². The van der Waals surface area contributed by atoms with Crippen molar-refractivity contribution in [3.05, 3.63) is 22.3 Å². The summed E-state index contributed by atoms with van der Waals surface area (Å²) >= 11 is 3.36. The molecule has 74 valence electrons. The van der Waals surface area contributed by atoms with E-state index in [1.54, 1.807) is 6.20 Å². The third-order valence-corrected chi connectivity index (χ3v) is 2.48. The third kappa shape index (κ3) is 1.93. The number of fused-ring (bicyclic) bond motifs is 1. The lowest BCUT2D eigenvalue weighted by Crippen LogP contribution is -2.26. The standard InChI is InChI=1S/C9H10BrN3O/c1-13-4-6-2-7(10)3-11-9(6)12-8(14)5-13/h2-3H,4-5H2,1H3,(H,11,12,14). The first-order valence-electron chi connectivity index (χ1n) is 4.28. The molecule has 0 bridgehead atoms. The van der Waals surface area contributed by atoms with Crippen molar-refractivity contribution in [2.45, 2.75) is 6.54 Å². The fraction of sp³-hybridized carbons (Fsp3) is 0.333. The summed E-state index contributed by atoms with van der Waals surface area (Å²) in [7, 11) is 1.91. The van der Waals surface area contributed by atoms with Crippen LogP contribution < -0.4 is 5.32 Å². The Kier molecular flexibility index (Phi) is 2.52. The van der Waals surface area contributed by atoms with Gasteiger partial charge in [-0.05, 0) is 29.0 Å². The molecule has 1 aliphatic rings. The first kappa shape index (κ1) is 9.61. The first-order chi connectivity index (χ1) is 6.65. The van der Waals surface area contributed by atoms with Crippen LogP contribution >= 0.6 is 15.9 Å². The predicted octanol–water partition coefficient (Wildman–Crippen LogP) is 1.23. The SMILES string of the molecule is CN1CC(=O)Nc2ncc(Br)cc2C1. The van der Waals surface area contributed by atoms with Crippen LogP contribution in [0.5, 0.6) is 0 Å². The Hall–Kier alpha value is -0.940. The van der Waals surface area contributed by atoms with Gasteiger partial charge in [0.25, 0.3) is 0 Å². The van der Waals surface area contributed by atoms with E-state index in [-0.39, 0.29) is 5.91 Å². The second kappa shape index (κ2) is 3.67. The molecule has 0 atom stereocenters. The van der Waals surface area contributed by atoms with Crippen LogP contribution in [-0.4, -0.2) is 29.4 Å². The lowest BCUT2D eigenvalue weighted by atomic mass is 10.2. The molecule has 1 N–H and O–H groups in total. The van der Waals surface area contributed by atoms with Gasteiger partial charge in [-0.1, -0.05) is 0 Å². The second-order valence-electron chi connectivity index (χ2n) is 3.38. The topological polar surface area (TPSA) is 45.2 Å². The number of anilines is 1. The number of amides is 1. The van der Waals surface area contributed by atoms with Crippen molar-refractivity contribution in [1.82, 2.24) is 9.88 Å². The molecule has 0 spiro atoms. The highest BCUT2D eigenvalue weighted by Gasteiger charge is 2.17. The molecule has 0 unspecified atom stereocenters. The Morgan fingerprint density at radius 2 is 2.36 bits per heavy atom. The predicted molar refractivity (Wildman–Crippen MR) is 56.9 cm³/mol. The monoisotopic (exact) mass is 255 g/mol. The lowest BCUT2D eigenvalue weighted by Gasteiger charge is -2.10. The Morgan fingerprint density at radius 1 is 1.57 bits per heavy atom. The highest BCUT2D eigenvalue weighted by molar-refractivity contribution is 9.10. The van der Waals surface area contributed by atoms with E-state index < -0.39 is 0 Å². The van der Waals surface area contributed by atoms with Crippen LogP contribution in [0.2, 0.25) is 0 Å². The number of hydrogen-bond acceptors (Lipinski definition) is 3. The van der Waals surface area contributed by atoms with Crippen molar-refractivity contribution in [1.29, 1.82) is 0 Å². The van der Waals surface area contributed by atoms with Gasteiger partial charge in [0, 0.05) is 22.8 Å². The zero-order chi connectivity index (χ0) is 10.1. The van der Waals surface area contributed by atoms with Gasteiger partial charge in [0.2, 0.25) is 5.91 Å². The van der Waals surface area contributed by atoms with Crippen LogP contribution in [0.1, 0.15) is 5.56 Å². The summed E-state index contributed by atoms with van der Waals surface area (Å²) < 4.78 is 0.931. The van der Waals surface area contributed by atoms with Crippen molar-refractivity contribution >= 4 is 27.7 Å². The summed E-state index contributed by atoms with van der Waals surface area (Å²) in [6, 6.07) is 1.98. The molecule has 2 heterocycles. The fourth-order valence-corrected chi connectivity index (χ4v) is 1.86. The zero-order valence-corrected chi connectivity index (χ0v) is 9.34. The average Bonchev–Trinajstić information content (AvgIpc) is 2.21. The Balaban J connectivity index is 2.41. The Morgan fingerprint density at radius 3 is 3.14 bits per heavy atom. The summed E-state index contributed by atoms with van der Waals surface area (Å²) in [4.78, 5) is 17.4. The van der Waals surface area contributed by atoms with Crippen LogP contribution in [0.3, 0.4) is 0 Å². The smallest absolute Gasteiger partial charge is 0.239 e. The maximum Gasteiger partial charge on any atom is 0.239 e. The molecule has 4 nitrogen and oxygen atoms in total. The Bertz CT molecular complexity index is 380. The fourth-order valence-electron chi connectivity index (χ4n) is 1.48. The number of carbonyl (C=O) groups excluding carboxylic acids is 1. The van der Waals surface area contributed by atoms with E-state index in [1.165, 1.54) is 0 Å². The largest absolute Gasteiger partial charge is 0.309 e. The van der Waals surface area contributed by atoms with Crippen molar-refractivity contribution in [3.8, 4) is 0 Å². The number of carbonyl (C=O) groups is 1. The molecule has 0 saturated carbocycles. The number of nitrogens with one attached hydrogen (secondary N) is 1. The van der Waals surface area contributed by atoms with Crippen LogP contribution in [0.15, 0.2) is 16.7 Å². The van der Waals surface area contributed by atoms with Crippen molar-refractivity contribution in [3.63, 3.8) is 0 Å². The van der Waals surface area contributed by atoms with Crippen molar-refractivity contribution in [2.24, 2.45) is 0 Å². The average molecular weight is 256 g/mol. The minimum absolute atomic E-state index is 0.0129. The van der Waals surface area contributed by atoms with Gasteiger partial charge in [-0.3, -0.25) is 9.69 Å². The molecule has 0 fully saturated rings. The molecule has 0 aliphatic carbocycles. The molecule has 0 aromatic carbocycles. The number of likely N-dealkylation sites (N-methyl/N-ethyl adjacent to an activating group) is 1. The number of nitrogens with zero attached hydrogens (tertiary/aromatic N) is 2. The second-order valence-corrected chi connectivity index (χ2v) is 4.30. The molecule has 0 radical (unpaired) electrons. The van der Waals surface area contributed by atoms with Gasteiger partial charge < -0.3 is 5.32 Å². The van der Waals surface area contributed by atoms with Gasteiger partial charge in [-0.15, -0.1) is 0 Å². The summed E-state index contributed by atoms with van der Waals surface area (Å²) in [6.45, 7) is 1.15. The highest BCUT2D eigenvalue weighted by Crippen LogP contribution is 2.21. The summed E-state index contributed by atoms with van der Waals surface area (Å²) in [6.07, 6.45) is 1.68. The van der Waals surface area contributed by atoms with Crippen LogP contribution in [-0.2, 0) is 11.3 Å². The molecule has 1 aliphatic heterocycles. The maximum absolute atomic E-state index is 11.3. The van der Waals surface area contributed by atoms with Gasteiger partial charge in [0.05, 0.1) is 6.54 Å². The quantitative estimate of drug-likeness (QED) is 0.759. The zero-order valence-electron chi connectivity index (χ0n) is 7.75. The van der Waals surface area contributed by atoms with E-state index in [0.29, 0.717) is 12.4 Å². The minimum atomic E-state index is -0.0129. The number of hydrogen-bond donors (Lipinski definition) is 1. The van der Waals surface area contributed by atoms with Gasteiger partial charge in [-0.25, -0.2) is 4.98 Å². The van der Waals surface area contributed by atoms with E-state index in [1.807, 2.05) is 18.0 Å². The third-order valence-electron chi connectivity index (χ3n) is 2.04. The maximum atomic E-state index is 11.3. The number of aromatic nitrogens is 1. The lowest BCUT2D eigenvalue weighted by molar-refractivity contribution is -0.116. The molecule has 1 amide bonds. The van der Waals surface area contributed by atoms with Gasteiger partial charge in [0.1, 0.15) is 5.82 Å². The van der Waals surface area contributed by atoms with Crippen LogP contribution in [0.4, 0.5) is 5.82 Å². The molecule has 14 heavy (non-hydrogen) atoms. The Labute approximate surface area is 90.4 Å². The molecule has 2 rings (SSSR count). The normalized spacial score (nSPS) is 17.1. The van der Waals surface area contributed by atoms with Gasteiger partial charge in [0.15, 0.2) is 0 Å². The summed E-state index contributed by atoms with van der Waals surface area (Å²) in [5, 5.41) is 2.77.